The van der Waals surface area contributed by atoms with Crippen LogP contribution in [0.2, 0.25) is 0 Å². The molecule has 8 heteroatoms. The molecule has 0 N–H and O–H groups in total. The largest absolute Gasteiger partial charge is 0.417 e. The van der Waals surface area contributed by atoms with Crippen molar-refractivity contribution in [1.29, 1.82) is 0 Å². The summed E-state index contributed by atoms with van der Waals surface area (Å²) in [5.41, 5.74) is -0.358. The first-order valence-electron chi connectivity index (χ1n) is 7.03. The Labute approximate surface area is 124 Å². The van der Waals surface area contributed by atoms with Crippen molar-refractivity contribution >= 4 is 11.6 Å². The molecule has 118 valence electrons. The number of carbonyl (C=O) groups excluding carboxylic acids is 1. The zero-order valence-electron chi connectivity index (χ0n) is 12.0. The maximum atomic E-state index is 12.9. The van der Waals surface area contributed by atoms with Crippen molar-refractivity contribution in [2.24, 2.45) is 0 Å². The molecule has 3 heterocycles. The van der Waals surface area contributed by atoms with Crippen molar-refractivity contribution in [1.82, 2.24) is 19.5 Å². The molecule has 1 fully saturated rings. The lowest BCUT2D eigenvalue weighted by Crippen LogP contribution is -2.38. The molecule has 2 aromatic rings. The fourth-order valence-corrected chi connectivity index (χ4v) is 2.83. The van der Waals surface area contributed by atoms with Crippen LogP contribution in [-0.4, -0.2) is 38.5 Å². The number of nitrogens with zero attached hydrogens (tertiary/aromatic N) is 4. The maximum absolute atomic E-state index is 12.9. The lowest BCUT2D eigenvalue weighted by atomic mass is 9.97. The van der Waals surface area contributed by atoms with Gasteiger partial charge in [-0.05, 0) is 25.0 Å². The number of piperidine rings is 1. The van der Waals surface area contributed by atoms with Crippen LogP contribution in [0.1, 0.15) is 37.1 Å². The van der Waals surface area contributed by atoms with Gasteiger partial charge in [0.2, 0.25) is 5.91 Å². The predicted octanol–water partition coefficient (Wildman–Crippen LogP) is 2.47. The summed E-state index contributed by atoms with van der Waals surface area (Å²) in [6, 6.07) is 2.31. The Morgan fingerprint density at radius 2 is 2.09 bits per heavy atom. The summed E-state index contributed by atoms with van der Waals surface area (Å²) in [6.45, 7) is 2.63. The lowest BCUT2D eigenvalue weighted by Gasteiger charge is -2.31. The van der Waals surface area contributed by atoms with Gasteiger partial charge in [-0.2, -0.15) is 13.2 Å². The van der Waals surface area contributed by atoms with E-state index in [1.54, 1.807) is 4.90 Å². The molecule has 1 saturated heterocycles. The molecular weight excluding hydrogens is 297 g/mol. The van der Waals surface area contributed by atoms with E-state index in [9.17, 15) is 18.0 Å². The number of rotatable bonds is 1. The molecular formula is C14H15F3N4O. The molecule has 22 heavy (non-hydrogen) atoms. The highest BCUT2D eigenvalue weighted by Crippen LogP contribution is 2.31. The van der Waals surface area contributed by atoms with Gasteiger partial charge in [-0.15, -0.1) is 10.2 Å². The van der Waals surface area contributed by atoms with Crippen LogP contribution in [0.25, 0.3) is 5.65 Å². The normalized spacial score (nSPS) is 19.6. The molecule has 0 radical (unpaired) electrons. The van der Waals surface area contributed by atoms with E-state index in [0.29, 0.717) is 24.6 Å². The molecule has 0 saturated carbocycles. The minimum absolute atomic E-state index is 0.0329. The molecule has 0 aliphatic carbocycles. The predicted molar refractivity (Wildman–Crippen MR) is 72.2 cm³/mol. The van der Waals surface area contributed by atoms with Gasteiger partial charge in [-0.25, -0.2) is 0 Å². The van der Waals surface area contributed by atoms with E-state index < -0.39 is 11.7 Å². The zero-order chi connectivity index (χ0) is 15.9. The topological polar surface area (TPSA) is 50.5 Å². The quantitative estimate of drug-likeness (QED) is 0.813. The van der Waals surface area contributed by atoms with Gasteiger partial charge >= 0.3 is 6.18 Å². The van der Waals surface area contributed by atoms with Gasteiger partial charge < -0.3 is 4.90 Å². The third kappa shape index (κ3) is 2.65. The number of fused-ring (bicyclic) bond motifs is 1. The molecule has 1 atom stereocenters. The highest BCUT2D eigenvalue weighted by molar-refractivity contribution is 5.73. The third-order valence-corrected chi connectivity index (χ3v) is 3.99. The van der Waals surface area contributed by atoms with Gasteiger partial charge in [-0.1, -0.05) is 0 Å². The Hall–Kier alpha value is -2.12. The van der Waals surface area contributed by atoms with Crippen molar-refractivity contribution in [3.05, 3.63) is 29.7 Å². The molecule has 1 aliphatic heterocycles. The average Bonchev–Trinajstić information content (AvgIpc) is 2.89. The van der Waals surface area contributed by atoms with Crippen LogP contribution in [0.4, 0.5) is 13.2 Å². The van der Waals surface area contributed by atoms with Crippen LogP contribution in [0.15, 0.2) is 18.3 Å². The monoisotopic (exact) mass is 312 g/mol. The zero-order valence-corrected chi connectivity index (χ0v) is 12.0. The lowest BCUT2D eigenvalue weighted by molar-refractivity contribution is -0.137. The maximum Gasteiger partial charge on any atom is 0.417 e. The number of likely N-dealkylation sites (tertiary alicyclic amines) is 1. The molecule has 0 aromatic carbocycles. The second kappa shape index (κ2) is 5.26. The van der Waals surface area contributed by atoms with Crippen molar-refractivity contribution in [2.75, 3.05) is 13.1 Å². The second-order valence-corrected chi connectivity index (χ2v) is 5.51. The number of halogens is 3. The van der Waals surface area contributed by atoms with Crippen LogP contribution in [0.5, 0.6) is 0 Å². The Morgan fingerprint density at radius 3 is 2.77 bits per heavy atom. The van der Waals surface area contributed by atoms with E-state index in [0.717, 1.165) is 25.1 Å². The molecule has 1 unspecified atom stereocenters. The van der Waals surface area contributed by atoms with Crippen LogP contribution in [-0.2, 0) is 11.0 Å². The van der Waals surface area contributed by atoms with Gasteiger partial charge in [0, 0.05) is 32.1 Å². The van der Waals surface area contributed by atoms with E-state index in [1.165, 1.54) is 17.4 Å². The fourth-order valence-electron chi connectivity index (χ4n) is 2.83. The van der Waals surface area contributed by atoms with Gasteiger partial charge in [-0.3, -0.25) is 9.20 Å². The van der Waals surface area contributed by atoms with Gasteiger partial charge in [0.15, 0.2) is 5.65 Å². The van der Waals surface area contributed by atoms with Crippen LogP contribution >= 0.6 is 0 Å². The van der Waals surface area contributed by atoms with Crippen molar-refractivity contribution < 1.29 is 18.0 Å². The molecule has 1 aliphatic rings. The second-order valence-electron chi connectivity index (χ2n) is 5.51. The van der Waals surface area contributed by atoms with E-state index in [-0.39, 0.29) is 11.8 Å². The van der Waals surface area contributed by atoms with Gasteiger partial charge in [0.05, 0.1) is 5.56 Å². The highest BCUT2D eigenvalue weighted by atomic mass is 19.4. The smallest absolute Gasteiger partial charge is 0.342 e. The Kier molecular flexibility index (Phi) is 3.54. The van der Waals surface area contributed by atoms with E-state index >= 15 is 0 Å². The number of carbonyl (C=O) groups is 1. The van der Waals surface area contributed by atoms with Crippen molar-refractivity contribution in [2.45, 2.75) is 31.9 Å². The molecule has 3 rings (SSSR count). The molecule has 2 aromatic heterocycles. The first kappa shape index (κ1) is 14.8. The SMILES string of the molecule is CC(=O)N1CCCC(c2nnc3ccc(C(F)(F)F)cn23)C1. The first-order valence-corrected chi connectivity index (χ1v) is 7.03. The van der Waals surface area contributed by atoms with E-state index in [4.69, 9.17) is 0 Å². The average molecular weight is 312 g/mol. The van der Waals surface area contributed by atoms with Crippen molar-refractivity contribution in [3.8, 4) is 0 Å². The summed E-state index contributed by atoms with van der Waals surface area (Å²) >= 11 is 0. The van der Waals surface area contributed by atoms with Crippen LogP contribution < -0.4 is 0 Å². The molecule has 1 amide bonds. The van der Waals surface area contributed by atoms with Gasteiger partial charge in [0.1, 0.15) is 5.82 Å². The van der Waals surface area contributed by atoms with E-state index in [1.807, 2.05) is 0 Å². The van der Waals surface area contributed by atoms with Crippen LogP contribution in [0, 0.1) is 0 Å². The summed E-state index contributed by atoms with van der Waals surface area (Å²) in [7, 11) is 0. The van der Waals surface area contributed by atoms with Crippen molar-refractivity contribution in [3.63, 3.8) is 0 Å². The van der Waals surface area contributed by atoms with E-state index in [2.05, 4.69) is 10.2 Å². The minimum Gasteiger partial charge on any atom is -0.342 e. The molecule has 0 bridgehead atoms. The number of hydrogen-bond acceptors (Lipinski definition) is 3. The number of aromatic nitrogens is 3. The minimum atomic E-state index is -4.41. The Balaban J connectivity index is 1.98. The first-order chi connectivity index (χ1) is 10.4. The summed E-state index contributed by atoms with van der Waals surface area (Å²) in [5, 5.41) is 7.97. The number of amides is 1. The molecule has 5 nitrogen and oxygen atoms in total. The highest BCUT2D eigenvalue weighted by Gasteiger charge is 2.32. The fraction of sp³-hybridized carbons (Fsp3) is 0.500. The number of alkyl halides is 3. The van der Waals surface area contributed by atoms with Crippen LogP contribution in [0.3, 0.4) is 0 Å². The standard InChI is InChI=1S/C14H15F3N4O/c1-9(22)20-6-2-3-10(7-20)13-19-18-12-5-4-11(8-21(12)13)14(15,16)17/h4-5,8,10H,2-3,6-7H2,1H3. The Morgan fingerprint density at radius 1 is 1.32 bits per heavy atom. The Bertz CT molecular complexity index is 710. The van der Waals surface area contributed by atoms with Gasteiger partial charge in [0.25, 0.3) is 0 Å². The molecule has 0 spiro atoms. The number of pyridine rings is 1. The summed E-state index contributed by atoms with van der Waals surface area (Å²) in [6.07, 6.45) is -1.80. The summed E-state index contributed by atoms with van der Waals surface area (Å²) in [4.78, 5) is 13.2. The summed E-state index contributed by atoms with van der Waals surface area (Å²) in [5.74, 6) is 0.345. The summed E-state index contributed by atoms with van der Waals surface area (Å²) < 4.78 is 40.0. The third-order valence-electron chi connectivity index (χ3n) is 3.99. The number of hydrogen-bond donors (Lipinski definition) is 0.